The van der Waals surface area contributed by atoms with Crippen molar-refractivity contribution in [3.05, 3.63) is 34.4 Å². The van der Waals surface area contributed by atoms with Crippen molar-refractivity contribution >= 4 is 46.6 Å². The van der Waals surface area contributed by atoms with Crippen LogP contribution in [0.5, 0.6) is 0 Å². The zero-order valence-electron chi connectivity index (χ0n) is 12.7. The van der Waals surface area contributed by atoms with Crippen LogP contribution < -0.4 is 16.4 Å². The lowest BCUT2D eigenvalue weighted by Crippen LogP contribution is -2.50. The van der Waals surface area contributed by atoms with Gasteiger partial charge in [-0.2, -0.15) is 0 Å². The first-order valence-corrected chi connectivity index (χ1v) is 8.96. The first kappa shape index (κ1) is 17.6. The fourth-order valence-corrected chi connectivity index (χ4v) is 3.72. The molecule has 0 aliphatic carbocycles. The Bertz CT molecular complexity index is 748. The second-order valence-electron chi connectivity index (χ2n) is 5.54. The normalized spacial score (nSPS) is 21.1. The van der Waals surface area contributed by atoms with E-state index in [2.05, 4.69) is 9.97 Å². The number of aliphatic hydroxyl groups excluding tert-OH is 1. The van der Waals surface area contributed by atoms with Crippen LogP contribution >= 0.6 is 35.0 Å². The molecule has 1 aliphatic rings. The van der Waals surface area contributed by atoms with Crippen LogP contribution in [0.4, 0.5) is 11.6 Å². The summed E-state index contributed by atoms with van der Waals surface area (Å²) in [4.78, 5) is 11.5. The first-order chi connectivity index (χ1) is 11.5. The van der Waals surface area contributed by atoms with Crippen molar-refractivity contribution < 1.29 is 5.11 Å². The maximum Gasteiger partial charge on any atom is 0.158 e. The van der Waals surface area contributed by atoms with Gasteiger partial charge >= 0.3 is 0 Å². The average Bonchev–Trinajstić information content (AvgIpc) is 2.56. The van der Waals surface area contributed by atoms with Crippen LogP contribution in [0.3, 0.4) is 0 Å². The van der Waals surface area contributed by atoms with Crippen molar-refractivity contribution in [1.29, 1.82) is 0 Å². The van der Waals surface area contributed by atoms with E-state index in [-0.39, 0.29) is 6.04 Å². The molecule has 2 unspecified atom stereocenters. The highest BCUT2D eigenvalue weighted by Crippen LogP contribution is 2.38. The largest absolute Gasteiger partial charge is 0.390 e. The van der Waals surface area contributed by atoms with Gasteiger partial charge in [0.25, 0.3) is 0 Å². The van der Waals surface area contributed by atoms with Gasteiger partial charge in [0.05, 0.1) is 22.3 Å². The molecule has 1 aromatic carbocycles. The van der Waals surface area contributed by atoms with Gasteiger partial charge in [0.15, 0.2) is 5.82 Å². The number of nitrogens with two attached hydrogens (primary N) is 2. The minimum atomic E-state index is -0.582. The van der Waals surface area contributed by atoms with Gasteiger partial charge in [-0.3, -0.25) is 0 Å². The number of halogens is 2. The molecule has 0 radical (unpaired) electrons. The fraction of sp³-hybridized carbons (Fsp3) is 0.333. The average molecular weight is 386 g/mol. The Labute approximate surface area is 154 Å². The predicted octanol–water partition coefficient (Wildman–Crippen LogP) is 2.42. The second kappa shape index (κ2) is 7.33. The third-order valence-corrected chi connectivity index (χ3v) is 5.83. The minimum Gasteiger partial charge on any atom is -0.390 e. The van der Waals surface area contributed by atoms with E-state index in [0.29, 0.717) is 46.2 Å². The molecule has 24 heavy (non-hydrogen) atoms. The number of nitrogen functional groups attached to an aromatic ring is 1. The standard InChI is InChI=1S/C15H17Cl2N5OS/c16-8-2-1-3-11(13(8)17)24-15-14(19)21-12(6-20-15)22-5-4-9(18)10(23)7-22/h1-3,6,9-10,23H,4-5,7,18H2,(H2,19,21). The number of benzene rings is 1. The molecule has 0 amide bonds. The molecule has 9 heteroatoms. The third-order valence-electron chi connectivity index (χ3n) is 3.83. The summed E-state index contributed by atoms with van der Waals surface area (Å²) >= 11 is 13.5. The molecular formula is C15H17Cl2N5OS. The summed E-state index contributed by atoms with van der Waals surface area (Å²) in [7, 11) is 0. The minimum absolute atomic E-state index is 0.202. The van der Waals surface area contributed by atoms with Crippen LogP contribution in [0.15, 0.2) is 34.3 Å². The van der Waals surface area contributed by atoms with Crippen LogP contribution in [0.25, 0.3) is 0 Å². The monoisotopic (exact) mass is 385 g/mol. The molecule has 2 heterocycles. The Hall–Kier alpha value is -1.25. The van der Waals surface area contributed by atoms with Gasteiger partial charge < -0.3 is 21.5 Å². The molecule has 5 N–H and O–H groups in total. The molecule has 1 aromatic heterocycles. The van der Waals surface area contributed by atoms with Gasteiger partial charge in [0.1, 0.15) is 10.8 Å². The number of piperidine rings is 1. The van der Waals surface area contributed by atoms with E-state index in [9.17, 15) is 5.11 Å². The lowest BCUT2D eigenvalue weighted by Gasteiger charge is -2.34. The first-order valence-electron chi connectivity index (χ1n) is 7.38. The van der Waals surface area contributed by atoms with E-state index in [1.807, 2.05) is 17.0 Å². The second-order valence-corrected chi connectivity index (χ2v) is 7.35. The lowest BCUT2D eigenvalue weighted by molar-refractivity contribution is 0.131. The molecule has 1 saturated heterocycles. The van der Waals surface area contributed by atoms with Crippen molar-refractivity contribution in [3.8, 4) is 0 Å². The summed E-state index contributed by atoms with van der Waals surface area (Å²) in [5, 5.41) is 11.4. The molecule has 0 spiro atoms. The van der Waals surface area contributed by atoms with Crippen molar-refractivity contribution in [2.75, 3.05) is 23.7 Å². The Morgan fingerprint density at radius 1 is 1.33 bits per heavy atom. The van der Waals surface area contributed by atoms with Crippen LogP contribution in [-0.4, -0.2) is 40.3 Å². The number of aliphatic hydroxyl groups is 1. The van der Waals surface area contributed by atoms with Gasteiger partial charge in [-0.25, -0.2) is 9.97 Å². The lowest BCUT2D eigenvalue weighted by atomic mass is 10.0. The summed E-state index contributed by atoms with van der Waals surface area (Å²) in [5.74, 6) is 0.929. The number of nitrogens with zero attached hydrogens (tertiary/aromatic N) is 3. The quantitative estimate of drug-likeness (QED) is 0.745. The Morgan fingerprint density at radius 2 is 2.12 bits per heavy atom. The topological polar surface area (TPSA) is 101 Å². The number of hydrogen-bond acceptors (Lipinski definition) is 7. The van der Waals surface area contributed by atoms with Crippen molar-refractivity contribution in [3.63, 3.8) is 0 Å². The fourth-order valence-electron chi connectivity index (χ4n) is 2.44. The molecule has 1 aliphatic heterocycles. The molecular weight excluding hydrogens is 369 g/mol. The number of anilines is 2. The SMILES string of the molecule is Nc1nc(N2CCC(N)C(O)C2)cnc1Sc1cccc(Cl)c1Cl. The Kier molecular flexibility index (Phi) is 5.36. The van der Waals surface area contributed by atoms with Gasteiger partial charge in [-0.15, -0.1) is 0 Å². The van der Waals surface area contributed by atoms with E-state index in [4.69, 9.17) is 34.7 Å². The summed E-state index contributed by atoms with van der Waals surface area (Å²) in [6.45, 7) is 1.13. The zero-order chi connectivity index (χ0) is 17.3. The highest BCUT2D eigenvalue weighted by atomic mass is 35.5. The number of rotatable bonds is 3. The molecule has 2 atom stereocenters. The smallest absolute Gasteiger partial charge is 0.158 e. The van der Waals surface area contributed by atoms with E-state index in [1.54, 1.807) is 12.3 Å². The van der Waals surface area contributed by atoms with Crippen LogP contribution in [0, 0.1) is 0 Å². The number of β-amino-alcohol motifs (C(OH)–C–C–N with tert-alkyl or cyclic N) is 1. The van der Waals surface area contributed by atoms with Crippen LogP contribution in [0.2, 0.25) is 10.0 Å². The van der Waals surface area contributed by atoms with Gasteiger partial charge in [0, 0.05) is 24.0 Å². The summed E-state index contributed by atoms with van der Waals surface area (Å²) in [6.07, 6.45) is 1.75. The van der Waals surface area contributed by atoms with E-state index >= 15 is 0 Å². The van der Waals surface area contributed by atoms with E-state index in [1.165, 1.54) is 11.8 Å². The van der Waals surface area contributed by atoms with E-state index < -0.39 is 6.10 Å². The van der Waals surface area contributed by atoms with Gasteiger partial charge in [-0.05, 0) is 18.6 Å². The maximum atomic E-state index is 9.91. The van der Waals surface area contributed by atoms with E-state index in [0.717, 1.165) is 4.90 Å². The summed E-state index contributed by atoms with van der Waals surface area (Å²) in [6, 6.07) is 5.17. The Balaban J connectivity index is 1.79. The molecule has 128 valence electrons. The molecule has 3 rings (SSSR count). The maximum absolute atomic E-state index is 9.91. The summed E-state index contributed by atoms with van der Waals surface area (Å²) < 4.78 is 0. The zero-order valence-corrected chi connectivity index (χ0v) is 15.0. The molecule has 2 aromatic rings. The highest BCUT2D eigenvalue weighted by molar-refractivity contribution is 7.99. The number of hydrogen-bond donors (Lipinski definition) is 3. The van der Waals surface area contributed by atoms with Crippen LogP contribution in [-0.2, 0) is 0 Å². The Morgan fingerprint density at radius 3 is 2.83 bits per heavy atom. The van der Waals surface area contributed by atoms with Gasteiger partial charge in [0.2, 0.25) is 0 Å². The van der Waals surface area contributed by atoms with Crippen molar-refractivity contribution in [1.82, 2.24) is 9.97 Å². The van der Waals surface area contributed by atoms with Gasteiger partial charge in [-0.1, -0.05) is 41.0 Å². The molecule has 0 bridgehead atoms. The molecule has 1 fully saturated rings. The van der Waals surface area contributed by atoms with Crippen molar-refractivity contribution in [2.24, 2.45) is 5.73 Å². The molecule has 0 saturated carbocycles. The van der Waals surface area contributed by atoms with Crippen molar-refractivity contribution in [2.45, 2.75) is 28.5 Å². The van der Waals surface area contributed by atoms with Crippen LogP contribution in [0.1, 0.15) is 6.42 Å². The predicted molar refractivity (Wildman–Crippen MR) is 97.8 cm³/mol. The third kappa shape index (κ3) is 3.70. The molecule has 6 nitrogen and oxygen atoms in total. The highest BCUT2D eigenvalue weighted by Gasteiger charge is 2.26. The number of aromatic nitrogens is 2. The summed E-state index contributed by atoms with van der Waals surface area (Å²) in [5.41, 5.74) is 11.9.